The highest BCUT2D eigenvalue weighted by Crippen LogP contribution is 2.36. The lowest BCUT2D eigenvalue weighted by Gasteiger charge is -2.39. The zero-order valence-corrected chi connectivity index (χ0v) is 11.7. The van der Waals surface area contributed by atoms with Gasteiger partial charge >= 0.3 is 0 Å². The molecule has 3 nitrogen and oxygen atoms in total. The van der Waals surface area contributed by atoms with Crippen molar-refractivity contribution >= 4 is 8.32 Å². The first-order chi connectivity index (χ1) is 6.72. The predicted octanol–water partition coefficient (Wildman–Crippen LogP) is 1.68. The topological polar surface area (TPSA) is 32.7 Å². The highest BCUT2D eigenvalue weighted by molar-refractivity contribution is 6.74. The Morgan fingerprint density at radius 2 is 1.87 bits per heavy atom. The van der Waals surface area contributed by atoms with Crippen molar-refractivity contribution in [3.8, 4) is 0 Å². The van der Waals surface area contributed by atoms with E-state index in [0.717, 1.165) is 26.2 Å². The highest BCUT2D eigenvalue weighted by atomic mass is 28.4. The maximum Gasteiger partial charge on any atom is 0.192 e. The zero-order chi connectivity index (χ0) is 11.7. The van der Waals surface area contributed by atoms with E-state index in [0.29, 0.717) is 5.04 Å². The molecule has 1 saturated heterocycles. The largest absolute Gasteiger partial charge is 0.416 e. The smallest absolute Gasteiger partial charge is 0.192 e. The molecule has 1 aliphatic rings. The average Bonchev–Trinajstić information content (AvgIpc) is 1.98. The highest BCUT2D eigenvalue weighted by Gasteiger charge is 2.37. The summed E-state index contributed by atoms with van der Waals surface area (Å²) < 4.78 is 6.05. The summed E-state index contributed by atoms with van der Waals surface area (Å²) in [6.07, 6.45) is -0.0992. The molecule has 0 spiro atoms. The van der Waals surface area contributed by atoms with Crippen LogP contribution < -0.4 is 0 Å². The Labute approximate surface area is 94.6 Å². The lowest BCUT2D eigenvalue weighted by atomic mass is 10.2. The van der Waals surface area contributed by atoms with Crippen molar-refractivity contribution < 1.29 is 9.53 Å². The Balaban J connectivity index is 2.19. The molecule has 1 aliphatic heterocycles. The summed E-state index contributed by atoms with van der Waals surface area (Å²) in [6, 6.07) is 0. The first-order valence-electron chi connectivity index (χ1n) is 5.77. The van der Waals surface area contributed by atoms with Crippen LogP contribution in [0.4, 0.5) is 0 Å². The zero-order valence-electron chi connectivity index (χ0n) is 10.7. The fourth-order valence-corrected chi connectivity index (χ4v) is 2.41. The third kappa shape index (κ3) is 3.55. The summed E-state index contributed by atoms with van der Waals surface area (Å²) in [4.78, 5) is 2.23. The number of hydrogen-bond acceptors (Lipinski definition) is 3. The van der Waals surface area contributed by atoms with Crippen LogP contribution in [-0.2, 0) is 4.43 Å². The molecule has 0 atom stereocenters. The standard InChI is InChI=1S/C11H25NO2Si/c1-11(2,3)15(4,5)14-7-6-12-8-10(13)9-12/h10,13H,6-9H2,1-5H3. The van der Waals surface area contributed by atoms with Crippen LogP contribution in [0.5, 0.6) is 0 Å². The molecule has 1 fully saturated rings. The average molecular weight is 231 g/mol. The first-order valence-corrected chi connectivity index (χ1v) is 8.67. The van der Waals surface area contributed by atoms with Crippen molar-refractivity contribution in [2.45, 2.75) is 45.0 Å². The molecule has 0 bridgehead atoms. The minimum Gasteiger partial charge on any atom is -0.416 e. The molecular weight excluding hydrogens is 206 g/mol. The van der Waals surface area contributed by atoms with Crippen molar-refractivity contribution in [1.29, 1.82) is 0 Å². The van der Waals surface area contributed by atoms with E-state index in [1.807, 2.05) is 0 Å². The molecule has 0 unspecified atom stereocenters. The third-order valence-corrected chi connectivity index (χ3v) is 8.15. The predicted molar refractivity (Wildman–Crippen MR) is 65.6 cm³/mol. The van der Waals surface area contributed by atoms with Gasteiger partial charge in [0.25, 0.3) is 0 Å². The Morgan fingerprint density at radius 3 is 2.27 bits per heavy atom. The summed E-state index contributed by atoms with van der Waals surface area (Å²) in [7, 11) is -1.57. The molecule has 0 amide bonds. The summed E-state index contributed by atoms with van der Waals surface area (Å²) in [5.74, 6) is 0. The van der Waals surface area contributed by atoms with E-state index in [-0.39, 0.29) is 6.10 Å². The number of nitrogens with zero attached hydrogens (tertiary/aromatic N) is 1. The van der Waals surface area contributed by atoms with Crippen LogP contribution in [0.1, 0.15) is 20.8 Å². The SMILES string of the molecule is CC(C)(C)[Si](C)(C)OCCN1CC(O)C1. The summed E-state index contributed by atoms with van der Waals surface area (Å²) in [6.45, 7) is 14.7. The van der Waals surface area contributed by atoms with E-state index in [4.69, 9.17) is 9.53 Å². The molecule has 0 saturated carbocycles. The Bertz CT molecular complexity index is 207. The molecule has 1 heterocycles. The van der Waals surface area contributed by atoms with Gasteiger partial charge in [0.15, 0.2) is 8.32 Å². The minimum absolute atomic E-state index is 0.0992. The fourth-order valence-electron chi connectivity index (χ4n) is 1.37. The van der Waals surface area contributed by atoms with Crippen LogP contribution in [0.15, 0.2) is 0 Å². The van der Waals surface area contributed by atoms with E-state index >= 15 is 0 Å². The van der Waals surface area contributed by atoms with Crippen molar-refractivity contribution in [3.05, 3.63) is 0 Å². The van der Waals surface area contributed by atoms with E-state index in [1.165, 1.54) is 0 Å². The molecule has 0 aromatic carbocycles. The van der Waals surface area contributed by atoms with Crippen LogP contribution in [0, 0.1) is 0 Å². The lowest BCUT2D eigenvalue weighted by Crippen LogP contribution is -2.52. The van der Waals surface area contributed by atoms with Crippen molar-refractivity contribution in [1.82, 2.24) is 4.90 Å². The fraction of sp³-hybridized carbons (Fsp3) is 1.00. The van der Waals surface area contributed by atoms with Crippen molar-refractivity contribution in [3.63, 3.8) is 0 Å². The van der Waals surface area contributed by atoms with E-state index in [1.54, 1.807) is 0 Å². The monoisotopic (exact) mass is 231 g/mol. The van der Waals surface area contributed by atoms with E-state index in [9.17, 15) is 0 Å². The molecule has 1 N–H and O–H groups in total. The number of aliphatic hydroxyl groups is 1. The number of β-amino-alcohol motifs (C(OH)–C–C–N with tert-alkyl or cyclic N) is 1. The van der Waals surface area contributed by atoms with Gasteiger partial charge in [-0.15, -0.1) is 0 Å². The second-order valence-corrected chi connectivity index (χ2v) is 10.8. The van der Waals surface area contributed by atoms with Gasteiger partial charge in [-0.2, -0.15) is 0 Å². The first kappa shape index (κ1) is 13.2. The molecule has 0 aliphatic carbocycles. The Kier molecular flexibility index (Phi) is 3.98. The number of aliphatic hydroxyl groups excluding tert-OH is 1. The summed E-state index contributed by atoms with van der Waals surface area (Å²) in [5, 5.41) is 9.43. The van der Waals surface area contributed by atoms with Gasteiger partial charge in [-0.3, -0.25) is 4.90 Å². The normalized spacial score (nSPS) is 20.4. The molecule has 1 rings (SSSR count). The lowest BCUT2D eigenvalue weighted by molar-refractivity contribution is -0.00473. The third-order valence-electron chi connectivity index (χ3n) is 3.61. The van der Waals surface area contributed by atoms with Crippen LogP contribution in [0.25, 0.3) is 0 Å². The molecule has 0 radical (unpaired) electrons. The number of hydrogen-bond donors (Lipinski definition) is 1. The second kappa shape index (κ2) is 4.53. The van der Waals surface area contributed by atoms with Crippen LogP contribution >= 0.6 is 0 Å². The van der Waals surface area contributed by atoms with Gasteiger partial charge in [0, 0.05) is 26.2 Å². The van der Waals surface area contributed by atoms with Crippen molar-refractivity contribution in [2.75, 3.05) is 26.2 Å². The molecule has 15 heavy (non-hydrogen) atoms. The Hall–Kier alpha value is 0.0969. The Morgan fingerprint density at radius 1 is 1.33 bits per heavy atom. The maximum absolute atomic E-state index is 9.13. The van der Waals surface area contributed by atoms with Crippen LogP contribution in [0.3, 0.4) is 0 Å². The van der Waals surface area contributed by atoms with Gasteiger partial charge in [-0.1, -0.05) is 20.8 Å². The van der Waals surface area contributed by atoms with Gasteiger partial charge in [0.1, 0.15) is 0 Å². The second-order valence-electron chi connectivity index (χ2n) is 6.02. The van der Waals surface area contributed by atoms with Gasteiger partial charge in [0.05, 0.1) is 6.10 Å². The van der Waals surface area contributed by atoms with Crippen LogP contribution in [-0.4, -0.2) is 50.7 Å². The molecule has 4 heteroatoms. The van der Waals surface area contributed by atoms with Crippen LogP contribution in [0.2, 0.25) is 18.1 Å². The van der Waals surface area contributed by atoms with E-state index < -0.39 is 8.32 Å². The minimum atomic E-state index is -1.57. The molecule has 0 aromatic heterocycles. The van der Waals surface area contributed by atoms with Crippen molar-refractivity contribution in [2.24, 2.45) is 0 Å². The van der Waals surface area contributed by atoms with Gasteiger partial charge in [-0.05, 0) is 18.1 Å². The number of rotatable bonds is 4. The van der Waals surface area contributed by atoms with Gasteiger partial charge < -0.3 is 9.53 Å². The quantitative estimate of drug-likeness (QED) is 0.747. The van der Waals surface area contributed by atoms with Gasteiger partial charge in [-0.25, -0.2) is 0 Å². The van der Waals surface area contributed by atoms with E-state index in [2.05, 4.69) is 38.8 Å². The molecule has 0 aromatic rings. The molecular formula is C11H25NO2Si. The van der Waals surface area contributed by atoms with Gasteiger partial charge in [0.2, 0.25) is 0 Å². The summed E-state index contributed by atoms with van der Waals surface area (Å²) >= 11 is 0. The maximum atomic E-state index is 9.13. The number of likely N-dealkylation sites (tertiary alicyclic amines) is 1. The molecule has 90 valence electrons. The summed E-state index contributed by atoms with van der Waals surface area (Å²) in [5.41, 5.74) is 0.